The fourth-order valence-electron chi connectivity index (χ4n) is 3.49. The fraction of sp³-hybridized carbons (Fsp3) is 0.136. The van der Waals surface area contributed by atoms with Crippen molar-refractivity contribution in [1.29, 1.82) is 0 Å². The number of ether oxygens (including phenoxy) is 1. The second kappa shape index (κ2) is 6.80. The van der Waals surface area contributed by atoms with Crippen LogP contribution in [0.3, 0.4) is 0 Å². The molecule has 5 rings (SSSR count). The monoisotopic (exact) mass is 387 g/mol. The number of aromatic nitrogens is 3. The molecule has 0 fully saturated rings. The van der Waals surface area contributed by atoms with Gasteiger partial charge >= 0.3 is 0 Å². The number of nitrogens with zero attached hydrogens (tertiary/aromatic N) is 3. The molecule has 0 amide bonds. The standard InChI is InChI=1S/C22H17N3O2S/c1-27-16-11-9-15(10-12-16)19-13-20(26)25-22(28-19)23-21(24-25)18-8-4-6-14-5-2-3-7-17(14)18/h2-12,19H,13H2,1H3/t19-/m0/s1. The Morgan fingerprint density at radius 1 is 1.04 bits per heavy atom. The van der Waals surface area contributed by atoms with Crippen LogP contribution in [0, 0.1) is 0 Å². The normalized spacial score (nSPS) is 16.2. The van der Waals surface area contributed by atoms with Crippen LogP contribution in [0.25, 0.3) is 22.2 Å². The zero-order valence-electron chi connectivity index (χ0n) is 15.2. The Balaban J connectivity index is 1.52. The fourth-order valence-corrected chi connectivity index (χ4v) is 4.64. The van der Waals surface area contributed by atoms with Crippen molar-refractivity contribution in [2.24, 2.45) is 0 Å². The predicted molar refractivity (Wildman–Crippen MR) is 110 cm³/mol. The van der Waals surface area contributed by atoms with Gasteiger partial charge in [0.15, 0.2) is 11.0 Å². The highest BCUT2D eigenvalue weighted by Crippen LogP contribution is 2.42. The van der Waals surface area contributed by atoms with Crippen molar-refractivity contribution in [1.82, 2.24) is 14.8 Å². The molecule has 138 valence electrons. The van der Waals surface area contributed by atoms with Gasteiger partial charge in [-0.25, -0.2) is 4.98 Å². The van der Waals surface area contributed by atoms with Gasteiger partial charge < -0.3 is 4.74 Å². The number of fused-ring (bicyclic) bond motifs is 2. The van der Waals surface area contributed by atoms with E-state index in [-0.39, 0.29) is 11.2 Å². The number of hydrogen-bond donors (Lipinski definition) is 0. The predicted octanol–water partition coefficient (Wildman–Crippen LogP) is 4.98. The topological polar surface area (TPSA) is 57.0 Å². The maximum absolute atomic E-state index is 12.7. The van der Waals surface area contributed by atoms with Crippen molar-refractivity contribution in [2.75, 3.05) is 7.11 Å². The zero-order chi connectivity index (χ0) is 19.1. The summed E-state index contributed by atoms with van der Waals surface area (Å²) in [6.07, 6.45) is 0.391. The van der Waals surface area contributed by atoms with Crippen molar-refractivity contribution in [2.45, 2.75) is 16.8 Å². The van der Waals surface area contributed by atoms with Crippen molar-refractivity contribution in [3.8, 4) is 17.1 Å². The van der Waals surface area contributed by atoms with Crippen LogP contribution in [-0.4, -0.2) is 27.8 Å². The minimum Gasteiger partial charge on any atom is -0.497 e. The number of thioether (sulfide) groups is 1. The molecule has 6 heteroatoms. The summed E-state index contributed by atoms with van der Waals surface area (Å²) in [5.74, 6) is 1.36. The molecule has 28 heavy (non-hydrogen) atoms. The van der Waals surface area contributed by atoms with Gasteiger partial charge in [-0.15, -0.1) is 5.10 Å². The molecule has 0 saturated heterocycles. The van der Waals surface area contributed by atoms with Gasteiger partial charge in [0.2, 0.25) is 0 Å². The second-order valence-electron chi connectivity index (χ2n) is 6.63. The number of benzene rings is 3. The lowest BCUT2D eigenvalue weighted by molar-refractivity contribution is 0.0868. The van der Waals surface area contributed by atoms with E-state index in [0.717, 1.165) is 27.6 Å². The van der Waals surface area contributed by atoms with Crippen LogP contribution in [0.5, 0.6) is 5.75 Å². The van der Waals surface area contributed by atoms with Gasteiger partial charge in [0, 0.05) is 17.2 Å². The van der Waals surface area contributed by atoms with E-state index in [9.17, 15) is 4.79 Å². The van der Waals surface area contributed by atoms with Gasteiger partial charge in [-0.05, 0) is 28.5 Å². The third-order valence-electron chi connectivity index (χ3n) is 4.94. The molecule has 2 heterocycles. The Bertz CT molecular complexity index is 1180. The van der Waals surface area contributed by atoms with Crippen LogP contribution in [0.2, 0.25) is 0 Å². The Morgan fingerprint density at radius 2 is 1.82 bits per heavy atom. The molecule has 5 nitrogen and oxygen atoms in total. The average molecular weight is 387 g/mol. The lowest BCUT2D eigenvalue weighted by Gasteiger charge is -2.20. The molecule has 0 bridgehead atoms. The number of methoxy groups -OCH3 is 1. The molecule has 1 aliphatic heterocycles. The maximum atomic E-state index is 12.7. The van der Waals surface area contributed by atoms with E-state index in [1.807, 2.05) is 48.5 Å². The molecular weight excluding hydrogens is 370 g/mol. The first-order chi connectivity index (χ1) is 13.7. The van der Waals surface area contributed by atoms with Crippen LogP contribution in [-0.2, 0) is 0 Å². The highest BCUT2D eigenvalue weighted by atomic mass is 32.2. The van der Waals surface area contributed by atoms with Gasteiger partial charge in [-0.1, -0.05) is 66.4 Å². The Kier molecular flexibility index (Phi) is 4.13. The zero-order valence-corrected chi connectivity index (χ0v) is 16.0. The molecule has 0 spiro atoms. The summed E-state index contributed by atoms with van der Waals surface area (Å²) in [5, 5.41) is 7.39. The largest absolute Gasteiger partial charge is 0.497 e. The molecule has 3 aromatic carbocycles. The molecule has 0 unspecified atom stereocenters. The summed E-state index contributed by atoms with van der Waals surface area (Å²) in [5.41, 5.74) is 2.02. The lowest BCUT2D eigenvalue weighted by Crippen LogP contribution is -2.20. The first kappa shape index (κ1) is 17.0. The van der Waals surface area contributed by atoms with Crippen molar-refractivity contribution in [3.05, 3.63) is 72.3 Å². The van der Waals surface area contributed by atoms with E-state index < -0.39 is 0 Å². The van der Waals surface area contributed by atoms with Crippen LogP contribution in [0.1, 0.15) is 22.0 Å². The SMILES string of the molecule is COc1ccc([C@@H]2CC(=O)n3nc(-c4cccc5ccccc45)nc3S2)cc1. The number of carbonyl (C=O) groups excluding carboxylic acids is 1. The number of carbonyl (C=O) groups is 1. The van der Waals surface area contributed by atoms with Gasteiger partial charge in [-0.3, -0.25) is 4.79 Å². The molecule has 0 saturated carbocycles. The minimum atomic E-state index is -0.0337. The van der Waals surface area contributed by atoms with Crippen LogP contribution in [0.4, 0.5) is 0 Å². The lowest BCUT2D eigenvalue weighted by atomic mass is 10.0. The average Bonchev–Trinajstić information content (AvgIpc) is 3.18. The van der Waals surface area contributed by atoms with Gasteiger partial charge in [0.25, 0.3) is 5.91 Å². The van der Waals surface area contributed by atoms with E-state index >= 15 is 0 Å². The summed E-state index contributed by atoms with van der Waals surface area (Å²) >= 11 is 1.58. The number of rotatable bonds is 3. The van der Waals surface area contributed by atoms with Crippen LogP contribution < -0.4 is 4.74 Å². The molecule has 1 aromatic heterocycles. The molecule has 0 radical (unpaired) electrons. The van der Waals surface area contributed by atoms with E-state index in [1.54, 1.807) is 18.9 Å². The summed E-state index contributed by atoms with van der Waals surface area (Å²) in [6, 6.07) is 22.0. The summed E-state index contributed by atoms with van der Waals surface area (Å²) in [6.45, 7) is 0. The van der Waals surface area contributed by atoms with Gasteiger partial charge in [-0.2, -0.15) is 4.68 Å². The van der Waals surface area contributed by atoms with Crippen molar-refractivity contribution < 1.29 is 9.53 Å². The molecule has 1 atom stereocenters. The second-order valence-corrected chi connectivity index (χ2v) is 7.80. The smallest absolute Gasteiger partial charge is 0.250 e. The number of hydrogen-bond acceptors (Lipinski definition) is 5. The Labute approximate surface area is 166 Å². The van der Waals surface area contributed by atoms with E-state index in [0.29, 0.717) is 17.4 Å². The van der Waals surface area contributed by atoms with E-state index in [4.69, 9.17) is 9.72 Å². The first-order valence-electron chi connectivity index (χ1n) is 9.02. The summed E-state index contributed by atoms with van der Waals surface area (Å²) in [4.78, 5) is 17.4. The van der Waals surface area contributed by atoms with Gasteiger partial charge in [0.1, 0.15) is 5.75 Å². The molecule has 4 aromatic rings. The first-order valence-corrected chi connectivity index (χ1v) is 9.90. The quantitative estimate of drug-likeness (QED) is 0.496. The van der Waals surface area contributed by atoms with Crippen LogP contribution >= 0.6 is 11.8 Å². The van der Waals surface area contributed by atoms with Crippen molar-refractivity contribution >= 4 is 28.4 Å². The van der Waals surface area contributed by atoms with Crippen LogP contribution in [0.15, 0.2) is 71.9 Å². The van der Waals surface area contributed by atoms with E-state index in [2.05, 4.69) is 23.3 Å². The molecule has 0 N–H and O–H groups in total. The Hall–Kier alpha value is -3.12. The summed E-state index contributed by atoms with van der Waals surface area (Å²) < 4.78 is 6.67. The van der Waals surface area contributed by atoms with Gasteiger partial charge in [0.05, 0.1) is 7.11 Å². The highest BCUT2D eigenvalue weighted by Gasteiger charge is 2.30. The molecule has 0 aliphatic carbocycles. The highest BCUT2D eigenvalue weighted by molar-refractivity contribution is 7.99. The third kappa shape index (κ3) is 2.86. The third-order valence-corrected chi connectivity index (χ3v) is 6.14. The Morgan fingerprint density at radius 3 is 2.64 bits per heavy atom. The summed E-state index contributed by atoms with van der Waals surface area (Å²) in [7, 11) is 1.64. The minimum absolute atomic E-state index is 0.0236. The molecular formula is C22H17N3O2S. The van der Waals surface area contributed by atoms with Crippen molar-refractivity contribution in [3.63, 3.8) is 0 Å². The maximum Gasteiger partial charge on any atom is 0.250 e. The van der Waals surface area contributed by atoms with E-state index in [1.165, 1.54) is 4.68 Å². The molecule has 1 aliphatic rings.